The minimum absolute atomic E-state index is 0.144. The van der Waals surface area contributed by atoms with Gasteiger partial charge in [-0.2, -0.15) is 0 Å². The third-order valence-electron chi connectivity index (χ3n) is 2.59. The summed E-state index contributed by atoms with van der Waals surface area (Å²) in [6.07, 6.45) is 1.65. The summed E-state index contributed by atoms with van der Waals surface area (Å²) < 4.78 is 28.5. The lowest BCUT2D eigenvalue weighted by Gasteiger charge is -2.16. The number of aryl methyl sites for hydroxylation is 1. The van der Waals surface area contributed by atoms with Crippen LogP contribution in [0.1, 0.15) is 30.9 Å². The Morgan fingerprint density at radius 2 is 2.06 bits per heavy atom. The largest absolute Gasteiger partial charge is 0.489 e. The standard InChI is InChI=1S/C13H19NO3S/c1-5-6-17-12-7-10(4)13(18(14,15)16)8-11(12)9(2)3/h5,7-9H,1,6H2,2-4H3,(H2,14,15,16). The molecule has 0 aliphatic heterocycles. The summed E-state index contributed by atoms with van der Waals surface area (Å²) in [4.78, 5) is 0.150. The Morgan fingerprint density at radius 3 is 2.50 bits per heavy atom. The first-order chi connectivity index (χ1) is 8.27. The molecule has 0 radical (unpaired) electrons. The highest BCUT2D eigenvalue weighted by Crippen LogP contribution is 2.31. The Morgan fingerprint density at radius 1 is 1.44 bits per heavy atom. The fourth-order valence-corrected chi connectivity index (χ4v) is 2.51. The molecule has 100 valence electrons. The fraction of sp³-hybridized carbons (Fsp3) is 0.385. The van der Waals surface area contributed by atoms with Crippen LogP contribution < -0.4 is 9.88 Å². The Hall–Kier alpha value is -1.33. The van der Waals surface area contributed by atoms with Crippen LogP contribution in [-0.4, -0.2) is 15.0 Å². The smallest absolute Gasteiger partial charge is 0.238 e. The van der Waals surface area contributed by atoms with Crippen molar-refractivity contribution in [3.05, 3.63) is 35.9 Å². The van der Waals surface area contributed by atoms with Crippen LogP contribution in [0.25, 0.3) is 0 Å². The van der Waals surface area contributed by atoms with E-state index in [1.54, 1.807) is 25.1 Å². The topological polar surface area (TPSA) is 69.4 Å². The van der Waals surface area contributed by atoms with Gasteiger partial charge in [0.2, 0.25) is 10.0 Å². The molecule has 0 unspecified atom stereocenters. The van der Waals surface area contributed by atoms with Crippen molar-refractivity contribution in [1.82, 2.24) is 0 Å². The summed E-state index contributed by atoms with van der Waals surface area (Å²) in [7, 11) is -3.70. The number of nitrogens with two attached hydrogens (primary N) is 1. The zero-order valence-electron chi connectivity index (χ0n) is 10.9. The fourth-order valence-electron chi connectivity index (χ4n) is 1.71. The highest BCUT2D eigenvalue weighted by Gasteiger charge is 2.17. The maximum absolute atomic E-state index is 11.5. The Labute approximate surface area is 109 Å². The molecule has 18 heavy (non-hydrogen) atoms. The Kier molecular flexibility index (Phi) is 4.53. The number of rotatable bonds is 5. The van der Waals surface area contributed by atoms with Crippen molar-refractivity contribution in [3.8, 4) is 5.75 Å². The van der Waals surface area contributed by atoms with E-state index in [1.165, 1.54) is 0 Å². The van der Waals surface area contributed by atoms with Crippen molar-refractivity contribution in [2.75, 3.05) is 6.61 Å². The third-order valence-corrected chi connectivity index (χ3v) is 3.65. The van der Waals surface area contributed by atoms with Gasteiger partial charge in [-0.3, -0.25) is 0 Å². The Bertz CT molecular complexity index is 548. The van der Waals surface area contributed by atoms with Gasteiger partial charge in [-0.15, -0.1) is 0 Å². The average Bonchev–Trinajstić information content (AvgIpc) is 2.23. The van der Waals surface area contributed by atoms with Crippen molar-refractivity contribution >= 4 is 10.0 Å². The van der Waals surface area contributed by atoms with Crippen molar-refractivity contribution in [2.45, 2.75) is 31.6 Å². The van der Waals surface area contributed by atoms with Crippen LogP contribution in [0.15, 0.2) is 29.7 Å². The molecular weight excluding hydrogens is 250 g/mol. The minimum Gasteiger partial charge on any atom is -0.489 e. The number of sulfonamides is 1. The number of hydrogen-bond acceptors (Lipinski definition) is 3. The quantitative estimate of drug-likeness (QED) is 0.834. The predicted octanol–water partition coefficient (Wildman–Crippen LogP) is 2.33. The second-order valence-electron chi connectivity index (χ2n) is 4.45. The molecule has 0 bridgehead atoms. The molecule has 0 spiro atoms. The van der Waals surface area contributed by atoms with E-state index in [4.69, 9.17) is 9.88 Å². The molecule has 0 saturated heterocycles. The summed E-state index contributed by atoms with van der Waals surface area (Å²) in [5.41, 5.74) is 1.41. The summed E-state index contributed by atoms with van der Waals surface area (Å²) >= 11 is 0. The average molecular weight is 269 g/mol. The molecular formula is C13H19NO3S. The molecule has 1 aromatic rings. The molecule has 5 heteroatoms. The molecule has 0 aliphatic carbocycles. The van der Waals surface area contributed by atoms with E-state index in [0.717, 1.165) is 5.56 Å². The highest BCUT2D eigenvalue weighted by atomic mass is 32.2. The van der Waals surface area contributed by atoms with Crippen molar-refractivity contribution in [3.63, 3.8) is 0 Å². The monoisotopic (exact) mass is 269 g/mol. The lowest BCUT2D eigenvalue weighted by molar-refractivity contribution is 0.357. The van der Waals surface area contributed by atoms with Crippen LogP contribution in [0, 0.1) is 6.92 Å². The van der Waals surface area contributed by atoms with Gasteiger partial charge in [0.25, 0.3) is 0 Å². The number of ether oxygens (including phenoxy) is 1. The van der Waals surface area contributed by atoms with Gasteiger partial charge in [-0.05, 0) is 36.1 Å². The van der Waals surface area contributed by atoms with Crippen molar-refractivity contribution in [2.24, 2.45) is 5.14 Å². The van der Waals surface area contributed by atoms with Crippen LogP contribution in [0.5, 0.6) is 5.75 Å². The Balaban J connectivity index is 3.39. The van der Waals surface area contributed by atoms with Crippen LogP contribution in [0.3, 0.4) is 0 Å². The SMILES string of the molecule is C=CCOc1cc(C)c(S(N)(=O)=O)cc1C(C)C. The second-order valence-corrected chi connectivity index (χ2v) is 5.98. The highest BCUT2D eigenvalue weighted by molar-refractivity contribution is 7.89. The van der Waals surface area contributed by atoms with E-state index in [-0.39, 0.29) is 10.8 Å². The van der Waals surface area contributed by atoms with Crippen LogP contribution in [0.4, 0.5) is 0 Å². The van der Waals surface area contributed by atoms with Crippen LogP contribution in [-0.2, 0) is 10.0 Å². The van der Waals surface area contributed by atoms with Gasteiger partial charge >= 0.3 is 0 Å². The van der Waals surface area contributed by atoms with E-state index in [9.17, 15) is 8.42 Å². The molecule has 1 rings (SSSR count). The summed E-state index contributed by atoms with van der Waals surface area (Å²) in [5, 5.41) is 5.19. The maximum atomic E-state index is 11.5. The molecule has 0 amide bonds. The van der Waals surface area contributed by atoms with Crippen LogP contribution >= 0.6 is 0 Å². The summed E-state index contributed by atoms with van der Waals surface area (Å²) in [6, 6.07) is 3.30. The lowest BCUT2D eigenvalue weighted by atomic mass is 10.0. The van der Waals surface area contributed by atoms with Gasteiger partial charge in [-0.25, -0.2) is 13.6 Å². The zero-order valence-corrected chi connectivity index (χ0v) is 11.8. The number of hydrogen-bond donors (Lipinski definition) is 1. The molecule has 0 saturated carbocycles. The van der Waals surface area contributed by atoms with Gasteiger partial charge < -0.3 is 4.74 Å². The summed E-state index contributed by atoms with van der Waals surface area (Å²) in [6.45, 7) is 9.61. The van der Waals surface area contributed by atoms with Gasteiger partial charge in [0.1, 0.15) is 12.4 Å². The molecule has 0 aromatic heterocycles. The van der Waals surface area contributed by atoms with Gasteiger partial charge in [-0.1, -0.05) is 26.5 Å². The van der Waals surface area contributed by atoms with Crippen molar-refractivity contribution in [1.29, 1.82) is 0 Å². The van der Waals surface area contributed by atoms with Crippen molar-refractivity contribution < 1.29 is 13.2 Å². The lowest BCUT2D eigenvalue weighted by Crippen LogP contribution is -2.14. The van der Waals surface area contributed by atoms with E-state index in [0.29, 0.717) is 17.9 Å². The molecule has 2 N–H and O–H groups in total. The maximum Gasteiger partial charge on any atom is 0.238 e. The summed E-state index contributed by atoms with van der Waals surface area (Å²) in [5.74, 6) is 0.820. The van der Waals surface area contributed by atoms with Gasteiger partial charge in [0, 0.05) is 0 Å². The molecule has 4 nitrogen and oxygen atoms in total. The molecule has 0 atom stereocenters. The first-order valence-electron chi connectivity index (χ1n) is 5.68. The van der Waals surface area contributed by atoms with E-state index >= 15 is 0 Å². The molecule has 0 aliphatic rings. The van der Waals surface area contributed by atoms with E-state index in [2.05, 4.69) is 6.58 Å². The second kappa shape index (κ2) is 5.54. The number of primary sulfonamides is 1. The van der Waals surface area contributed by atoms with E-state index in [1.807, 2.05) is 13.8 Å². The number of benzene rings is 1. The predicted molar refractivity (Wildman–Crippen MR) is 72.3 cm³/mol. The van der Waals surface area contributed by atoms with Gasteiger partial charge in [0.05, 0.1) is 4.90 Å². The third kappa shape index (κ3) is 3.34. The first kappa shape index (κ1) is 14.7. The molecule has 0 heterocycles. The normalized spacial score (nSPS) is 11.6. The molecule has 0 fully saturated rings. The van der Waals surface area contributed by atoms with Gasteiger partial charge in [0.15, 0.2) is 0 Å². The van der Waals surface area contributed by atoms with Crippen LogP contribution in [0.2, 0.25) is 0 Å². The molecule has 1 aromatic carbocycles. The minimum atomic E-state index is -3.70. The zero-order chi connectivity index (χ0) is 13.9. The first-order valence-corrected chi connectivity index (χ1v) is 7.23. The van der Waals surface area contributed by atoms with E-state index < -0.39 is 10.0 Å².